The number of fused-ring (bicyclic) bond motifs is 3. The smallest absolute Gasteiger partial charge is 0.302 e. The number of ether oxygens (including phenoxy) is 5. The van der Waals surface area contributed by atoms with Crippen LogP contribution in [0.25, 0.3) is 0 Å². The van der Waals surface area contributed by atoms with Crippen LogP contribution in [0.2, 0.25) is 0 Å². The number of carbonyl (C=O) groups excluding carboxylic acids is 1. The van der Waals surface area contributed by atoms with Crippen molar-refractivity contribution < 1.29 is 28.5 Å². The fourth-order valence-electron chi connectivity index (χ4n) is 4.76. The number of esters is 1. The standard InChI is InChI=1S/C24H29N3O6/c1-6-32-20-10-15-16-9-14(33-13(2)28)7-8-18(16)27-22(17(15)11-19(20)29-3)21-23(30-4)25-12-26-24(21)31-5/h10-12,14,16,18H,6-9H2,1-5H3/t14-,16-,18-/m1/s1. The minimum Gasteiger partial charge on any atom is -0.493 e. The molecule has 1 saturated carbocycles. The van der Waals surface area contributed by atoms with Gasteiger partial charge >= 0.3 is 5.97 Å². The number of carbonyl (C=O) groups is 1. The first-order valence-electron chi connectivity index (χ1n) is 11.0. The minimum atomic E-state index is -0.265. The van der Waals surface area contributed by atoms with E-state index in [9.17, 15) is 4.79 Å². The van der Waals surface area contributed by atoms with Crippen molar-refractivity contribution in [3.63, 3.8) is 0 Å². The molecule has 2 heterocycles. The van der Waals surface area contributed by atoms with Gasteiger partial charge in [-0.3, -0.25) is 9.79 Å². The topological polar surface area (TPSA) is 101 Å². The molecule has 1 aromatic carbocycles. The summed E-state index contributed by atoms with van der Waals surface area (Å²) in [6.07, 6.45) is 3.47. The minimum absolute atomic E-state index is 0.00296. The second kappa shape index (κ2) is 9.64. The van der Waals surface area contributed by atoms with Crippen LogP contribution in [0, 0.1) is 0 Å². The lowest BCUT2D eigenvalue weighted by atomic mass is 9.74. The van der Waals surface area contributed by atoms with E-state index in [0.717, 1.165) is 24.0 Å². The summed E-state index contributed by atoms with van der Waals surface area (Å²) in [6.45, 7) is 3.89. The Balaban J connectivity index is 1.90. The maximum Gasteiger partial charge on any atom is 0.302 e. The highest BCUT2D eigenvalue weighted by atomic mass is 16.5. The summed E-state index contributed by atoms with van der Waals surface area (Å²) in [5.74, 6) is 1.83. The summed E-state index contributed by atoms with van der Waals surface area (Å²) in [7, 11) is 4.72. The van der Waals surface area contributed by atoms with E-state index in [1.165, 1.54) is 13.3 Å². The summed E-state index contributed by atoms with van der Waals surface area (Å²) in [5.41, 5.74) is 3.20. The van der Waals surface area contributed by atoms with E-state index in [1.807, 2.05) is 19.1 Å². The van der Waals surface area contributed by atoms with Gasteiger partial charge in [-0.2, -0.15) is 0 Å². The first-order valence-corrected chi connectivity index (χ1v) is 11.0. The Labute approximate surface area is 193 Å². The van der Waals surface area contributed by atoms with Crippen LogP contribution in [-0.4, -0.2) is 61.7 Å². The average molecular weight is 456 g/mol. The molecule has 1 fully saturated rings. The molecule has 9 heteroatoms. The van der Waals surface area contributed by atoms with E-state index in [1.54, 1.807) is 21.3 Å². The van der Waals surface area contributed by atoms with Crippen molar-refractivity contribution in [1.82, 2.24) is 9.97 Å². The van der Waals surface area contributed by atoms with E-state index in [-0.39, 0.29) is 24.0 Å². The Morgan fingerprint density at radius 1 is 1.03 bits per heavy atom. The Morgan fingerprint density at radius 3 is 2.36 bits per heavy atom. The lowest BCUT2D eigenvalue weighted by Gasteiger charge is -2.38. The first kappa shape index (κ1) is 22.8. The molecular formula is C24H29N3O6. The summed E-state index contributed by atoms with van der Waals surface area (Å²) in [5, 5.41) is 0. The molecule has 1 aliphatic heterocycles. The molecule has 4 rings (SSSR count). The molecule has 2 aromatic rings. The number of rotatable bonds is 7. The fourth-order valence-corrected chi connectivity index (χ4v) is 4.76. The van der Waals surface area contributed by atoms with Crippen molar-refractivity contribution in [1.29, 1.82) is 0 Å². The van der Waals surface area contributed by atoms with E-state index < -0.39 is 0 Å². The summed E-state index contributed by atoms with van der Waals surface area (Å²) in [4.78, 5) is 25.3. The highest BCUT2D eigenvalue weighted by molar-refractivity contribution is 6.17. The van der Waals surface area contributed by atoms with Crippen LogP contribution in [0.4, 0.5) is 0 Å². The Kier molecular flexibility index (Phi) is 6.67. The average Bonchev–Trinajstić information content (AvgIpc) is 2.82. The van der Waals surface area contributed by atoms with Gasteiger partial charge < -0.3 is 23.7 Å². The van der Waals surface area contributed by atoms with Gasteiger partial charge in [0.25, 0.3) is 0 Å². The highest BCUT2D eigenvalue weighted by Gasteiger charge is 2.40. The molecule has 2 aliphatic rings. The van der Waals surface area contributed by atoms with Crippen molar-refractivity contribution in [2.75, 3.05) is 27.9 Å². The molecule has 0 unspecified atom stereocenters. The van der Waals surface area contributed by atoms with Crippen molar-refractivity contribution in [2.24, 2.45) is 4.99 Å². The van der Waals surface area contributed by atoms with Gasteiger partial charge in [0.05, 0.1) is 39.7 Å². The molecule has 1 aromatic heterocycles. The molecule has 33 heavy (non-hydrogen) atoms. The van der Waals surface area contributed by atoms with Gasteiger partial charge in [-0.05, 0) is 43.9 Å². The second-order valence-corrected chi connectivity index (χ2v) is 7.99. The van der Waals surface area contributed by atoms with Crippen LogP contribution in [0.3, 0.4) is 0 Å². The van der Waals surface area contributed by atoms with Crippen molar-refractivity contribution >= 4 is 11.7 Å². The fraction of sp³-hybridized carbons (Fsp3) is 0.500. The van der Waals surface area contributed by atoms with Gasteiger partial charge in [-0.15, -0.1) is 0 Å². The van der Waals surface area contributed by atoms with Gasteiger partial charge in [-0.1, -0.05) is 0 Å². The third-order valence-electron chi connectivity index (χ3n) is 6.08. The zero-order chi connectivity index (χ0) is 23.5. The lowest BCUT2D eigenvalue weighted by molar-refractivity contribution is -0.148. The van der Waals surface area contributed by atoms with Crippen LogP contribution in [0.5, 0.6) is 23.3 Å². The van der Waals surface area contributed by atoms with Gasteiger partial charge in [0.15, 0.2) is 11.5 Å². The van der Waals surface area contributed by atoms with Crippen molar-refractivity contribution in [3.8, 4) is 23.3 Å². The summed E-state index contributed by atoms with van der Waals surface area (Å²) in [6, 6.07) is 3.94. The SMILES string of the molecule is CCOc1cc2c(cc1OC)C(c1c(OC)ncnc1OC)=N[C@@H]1CC[C@@H](OC(C)=O)C[C@H]21. The van der Waals surface area contributed by atoms with Crippen molar-refractivity contribution in [3.05, 3.63) is 35.2 Å². The number of methoxy groups -OCH3 is 3. The lowest BCUT2D eigenvalue weighted by Crippen LogP contribution is -2.36. The number of hydrogen-bond donors (Lipinski definition) is 0. The normalized spacial score (nSPS) is 21.2. The van der Waals surface area contributed by atoms with Crippen LogP contribution in [0.1, 0.15) is 55.7 Å². The van der Waals surface area contributed by atoms with E-state index in [0.29, 0.717) is 47.6 Å². The van der Waals surface area contributed by atoms with Gasteiger partial charge in [0, 0.05) is 18.4 Å². The van der Waals surface area contributed by atoms with Crippen LogP contribution >= 0.6 is 0 Å². The molecule has 9 nitrogen and oxygen atoms in total. The number of benzene rings is 1. The quantitative estimate of drug-likeness (QED) is 0.586. The third kappa shape index (κ3) is 4.31. The molecule has 0 spiro atoms. The van der Waals surface area contributed by atoms with E-state index >= 15 is 0 Å². The van der Waals surface area contributed by atoms with Gasteiger partial charge in [0.1, 0.15) is 18.0 Å². The molecule has 0 N–H and O–H groups in total. The van der Waals surface area contributed by atoms with Crippen LogP contribution in [-0.2, 0) is 9.53 Å². The van der Waals surface area contributed by atoms with Crippen molar-refractivity contribution in [2.45, 2.75) is 51.2 Å². The van der Waals surface area contributed by atoms with Gasteiger partial charge in [-0.25, -0.2) is 9.97 Å². The Hall–Kier alpha value is -3.36. The predicted molar refractivity (Wildman–Crippen MR) is 121 cm³/mol. The second-order valence-electron chi connectivity index (χ2n) is 7.99. The van der Waals surface area contributed by atoms with Crippen LogP contribution < -0.4 is 18.9 Å². The Morgan fingerprint density at radius 2 is 1.76 bits per heavy atom. The molecule has 0 saturated heterocycles. The molecule has 0 amide bonds. The Bertz CT molecular complexity index is 1050. The molecule has 0 radical (unpaired) electrons. The molecule has 176 valence electrons. The first-order chi connectivity index (χ1) is 16.0. The van der Waals surface area contributed by atoms with Crippen LogP contribution in [0.15, 0.2) is 23.5 Å². The monoisotopic (exact) mass is 455 g/mol. The maximum atomic E-state index is 11.6. The molecule has 1 aliphatic carbocycles. The zero-order valence-corrected chi connectivity index (χ0v) is 19.6. The number of aromatic nitrogens is 2. The van der Waals surface area contributed by atoms with E-state index in [2.05, 4.69) is 9.97 Å². The number of aliphatic imine (C=N–C) groups is 1. The largest absolute Gasteiger partial charge is 0.493 e. The van der Waals surface area contributed by atoms with E-state index in [4.69, 9.17) is 28.7 Å². The summed E-state index contributed by atoms with van der Waals surface area (Å²) < 4.78 is 28.2. The molecule has 0 bridgehead atoms. The zero-order valence-electron chi connectivity index (χ0n) is 19.6. The predicted octanol–water partition coefficient (Wildman–Crippen LogP) is 3.32. The number of nitrogens with zero attached hydrogens (tertiary/aromatic N) is 3. The summed E-state index contributed by atoms with van der Waals surface area (Å²) >= 11 is 0. The molecular weight excluding hydrogens is 426 g/mol. The maximum absolute atomic E-state index is 11.6. The number of hydrogen-bond acceptors (Lipinski definition) is 9. The van der Waals surface area contributed by atoms with Gasteiger partial charge in [0.2, 0.25) is 11.8 Å². The highest BCUT2D eigenvalue weighted by Crippen LogP contribution is 2.46. The third-order valence-corrected chi connectivity index (χ3v) is 6.08. The molecule has 3 atom stereocenters.